The minimum atomic E-state index is -1.41. The summed E-state index contributed by atoms with van der Waals surface area (Å²) >= 11 is 0. The van der Waals surface area contributed by atoms with Crippen LogP contribution in [0.1, 0.15) is 42.5 Å². The number of amides is 1. The van der Waals surface area contributed by atoms with Gasteiger partial charge < -0.3 is 24.4 Å². The second-order valence-electron chi connectivity index (χ2n) is 7.64. The number of carboxylic acids is 1. The number of aliphatic carboxylic acids is 1. The SMILES string of the molecule is C[C@H](Oc1ccc2c3c(c(=O)oc2c1)CCCC3)C(=O)N[C@H](C(=O)[O-])c1ccccc1. The molecule has 0 saturated carbocycles. The summed E-state index contributed by atoms with van der Waals surface area (Å²) in [5, 5.41) is 14.8. The highest BCUT2D eigenvalue weighted by Gasteiger charge is 2.22. The van der Waals surface area contributed by atoms with Crippen LogP contribution in [-0.4, -0.2) is 18.0 Å². The highest BCUT2D eigenvalue weighted by Crippen LogP contribution is 2.29. The van der Waals surface area contributed by atoms with E-state index < -0.39 is 24.0 Å². The van der Waals surface area contributed by atoms with Gasteiger partial charge in [0, 0.05) is 17.0 Å². The van der Waals surface area contributed by atoms with Crippen molar-refractivity contribution in [1.29, 1.82) is 0 Å². The maximum absolute atomic E-state index is 12.5. The fraction of sp³-hybridized carbons (Fsp3) is 0.292. The largest absolute Gasteiger partial charge is 0.548 e. The number of nitrogens with one attached hydrogen (secondary N) is 1. The Morgan fingerprint density at radius 1 is 1.06 bits per heavy atom. The predicted molar refractivity (Wildman–Crippen MR) is 112 cm³/mol. The lowest BCUT2D eigenvalue weighted by Crippen LogP contribution is -2.45. The van der Waals surface area contributed by atoms with Crippen molar-refractivity contribution >= 4 is 22.8 Å². The monoisotopic (exact) mass is 420 g/mol. The molecule has 0 saturated heterocycles. The third-order valence-corrected chi connectivity index (χ3v) is 5.53. The molecule has 0 radical (unpaired) electrons. The Labute approximate surface area is 178 Å². The van der Waals surface area contributed by atoms with Crippen LogP contribution in [0.25, 0.3) is 11.0 Å². The van der Waals surface area contributed by atoms with Crippen molar-refractivity contribution in [3.05, 3.63) is 75.6 Å². The van der Waals surface area contributed by atoms with Crippen LogP contribution in [0.5, 0.6) is 5.75 Å². The Morgan fingerprint density at radius 2 is 1.77 bits per heavy atom. The molecular weight excluding hydrogens is 398 g/mol. The van der Waals surface area contributed by atoms with Gasteiger partial charge in [0.1, 0.15) is 11.3 Å². The third-order valence-electron chi connectivity index (χ3n) is 5.53. The summed E-state index contributed by atoms with van der Waals surface area (Å²) < 4.78 is 11.2. The molecule has 1 aliphatic rings. The minimum Gasteiger partial charge on any atom is -0.548 e. The zero-order chi connectivity index (χ0) is 22.0. The van der Waals surface area contributed by atoms with Gasteiger partial charge in [0.2, 0.25) is 0 Å². The lowest BCUT2D eigenvalue weighted by atomic mass is 9.91. The number of rotatable bonds is 6. The minimum absolute atomic E-state index is 0.329. The molecule has 0 unspecified atom stereocenters. The molecule has 2 aromatic carbocycles. The van der Waals surface area contributed by atoms with Crippen LogP contribution in [0.4, 0.5) is 0 Å². The smallest absolute Gasteiger partial charge is 0.339 e. The molecule has 160 valence electrons. The standard InChI is InChI=1S/C24H23NO6/c1-14(22(26)25-21(23(27)28)15-7-3-2-4-8-15)30-16-11-12-18-17-9-5-6-10-19(17)24(29)31-20(18)13-16/h2-4,7-8,11-14,21H,5-6,9-10H2,1H3,(H,25,26)(H,27,28)/p-1/t14-,21-/m0/s1. The first-order valence-electron chi connectivity index (χ1n) is 10.3. The first-order valence-corrected chi connectivity index (χ1v) is 10.3. The first-order chi connectivity index (χ1) is 14.9. The molecule has 1 aromatic heterocycles. The number of aryl methyl sites for hydroxylation is 1. The van der Waals surface area contributed by atoms with E-state index in [4.69, 9.17) is 9.15 Å². The van der Waals surface area contributed by atoms with Gasteiger partial charge in [-0.25, -0.2) is 4.79 Å². The molecule has 0 bridgehead atoms. The number of benzene rings is 2. The molecule has 4 rings (SSSR count). The second-order valence-corrected chi connectivity index (χ2v) is 7.64. The van der Waals surface area contributed by atoms with Crippen molar-refractivity contribution in [2.75, 3.05) is 0 Å². The van der Waals surface area contributed by atoms with Crippen LogP contribution in [0, 0.1) is 0 Å². The Kier molecular flexibility index (Phi) is 5.75. The number of hydrogen-bond donors (Lipinski definition) is 1. The number of carboxylic acid groups (broad SMARTS) is 1. The molecule has 1 heterocycles. The summed E-state index contributed by atoms with van der Waals surface area (Å²) in [4.78, 5) is 36.4. The van der Waals surface area contributed by atoms with Crippen LogP contribution in [-0.2, 0) is 22.4 Å². The molecule has 1 N–H and O–H groups in total. The highest BCUT2D eigenvalue weighted by molar-refractivity contribution is 5.87. The summed E-state index contributed by atoms with van der Waals surface area (Å²) in [6.07, 6.45) is 2.59. The molecular formula is C24H22NO6-. The molecule has 7 nitrogen and oxygen atoms in total. The van der Waals surface area contributed by atoms with Crippen LogP contribution in [0.2, 0.25) is 0 Å². The topological polar surface area (TPSA) is 109 Å². The van der Waals surface area contributed by atoms with Crippen molar-refractivity contribution in [3.8, 4) is 5.75 Å². The fourth-order valence-electron chi connectivity index (χ4n) is 3.94. The average Bonchev–Trinajstić information content (AvgIpc) is 2.77. The van der Waals surface area contributed by atoms with Crippen molar-refractivity contribution in [3.63, 3.8) is 0 Å². The van der Waals surface area contributed by atoms with E-state index in [1.165, 1.54) is 6.92 Å². The summed E-state index contributed by atoms with van der Waals surface area (Å²) in [5.74, 6) is -1.67. The summed E-state index contributed by atoms with van der Waals surface area (Å²) in [5.41, 5.74) is 2.25. The van der Waals surface area contributed by atoms with E-state index in [-0.39, 0.29) is 5.63 Å². The normalized spacial score (nSPS) is 15.0. The van der Waals surface area contributed by atoms with Crippen molar-refractivity contribution in [2.45, 2.75) is 44.8 Å². The van der Waals surface area contributed by atoms with Crippen LogP contribution in [0.3, 0.4) is 0 Å². The second kappa shape index (κ2) is 8.63. The van der Waals surface area contributed by atoms with E-state index in [0.29, 0.717) is 16.9 Å². The Bertz CT molecular complexity index is 1180. The fourth-order valence-corrected chi connectivity index (χ4v) is 3.94. The number of ether oxygens (including phenoxy) is 1. The maximum Gasteiger partial charge on any atom is 0.339 e. The van der Waals surface area contributed by atoms with E-state index >= 15 is 0 Å². The van der Waals surface area contributed by atoms with Gasteiger partial charge in [0.05, 0.1) is 12.0 Å². The molecule has 1 amide bonds. The molecule has 0 aliphatic heterocycles. The highest BCUT2D eigenvalue weighted by atomic mass is 16.5. The van der Waals surface area contributed by atoms with Crippen molar-refractivity contribution in [2.24, 2.45) is 0 Å². The zero-order valence-electron chi connectivity index (χ0n) is 17.1. The van der Waals surface area contributed by atoms with E-state index in [0.717, 1.165) is 42.2 Å². The van der Waals surface area contributed by atoms with Gasteiger partial charge in [0.25, 0.3) is 5.91 Å². The van der Waals surface area contributed by atoms with E-state index in [1.54, 1.807) is 42.5 Å². The lowest BCUT2D eigenvalue weighted by Gasteiger charge is -2.23. The van der Waals surface area contributed by atoms with E-state index in [1.807, 2.05) is 6.07 Å². The molecule has 0 fully saturated rings. The number of fused-ring (bicyclic) bond motifs is 3. The van der Waals surface area contributed by atoms with E-state index in [2.05, 4.69) is 5.32 Å². The molecule has 2 atom stereocenters. The van der Waals surface area contributed by atoms with Gasteiger partial charge in [-0.05, 0) is 55.9 Å². The van der Waals surface area contributed by atoms with Crippen molar-refractivity contribution < 1.29 is 23.8 Å². The first kappa shape index (κ1) is 20.7. The Morgan fingerprint density at radius 3 is 2.48 bits per heavy atom. The van der Waals surface area contributed by atoms with E-state index in [9.17, 15) is 19.5 Å². The molecule has 1 aliphatic carbocycles. The third kappa shape index (κ3) is 4.30. The van der Waals surface area contributed by atoms with Crippen LogP contribution >= 0.6 is 0 Å². The van der Waals surface area contributed by atoms with Gasteiger partial charge >= 0.3 is 5.63 Å². The Hall–Kier alpha value is -3.61. The van der Waals surface area contributed by atoms with Gasteiger partial charge in [-0.3, -0.25) is 4.79 Å². The quantitative estimate of drug-likeness (QED) is 0.612. The summed E-state index contributed by atoms with van der Waals surface area (Å²) in [6, 6.07) is 12.1. The van der Waals surface area contributed by atoms with Gasteiger partial charge in [-0.1, -0.05) is 30.3 Å². The van der Waals surface area contributed by atoms with Gasteiger partial charge in [0.15, 0.2) is 6.10 Å². The molecule has 31 heavy (non-hydrogen) atoms. The maximum atomic E-state index is 12.5. The molecule has 3 aromatic rings. The van der Waals surface area contributed by atoms with Gasteiger partial charge in [-0.2, -0.15) is 0 Å². The average molecular weight is 420 g/mol. The molecule has 0 spiro atoms. The number of carbonyl (C=O) groups is 2. The summed E-state index contributed by atoms with van der Waals surface area (Å²) in [7, 11) is 0. The molecule has 7 heteroatoms. The zero-order valence-corrected chi connectivity index (χ0v) is 17.1. The summed E-state index contributed by atoms with van der Waals surface area (Å²) in [6.45, 7) is 1.51. The number of carbonyl (C=O) groups excluding carboxylic acids is 2. The van der Waals surface area contributed by atoms with Crippen LogP contribution < -0.4 is 20.8 Å². The van der Waals surface area contributed by atoms with Crippen molar-refractivity contribution in [1.82, 2.24) is 5.32 Å². The Balaban J connectivity index is 1.52. The van der Waals surface area contributed by atoms with Crippen LogP contribution in [0.15, 0.2) is 57.7 Å². The van der Waals surface area contributed by atoms with Gasteiger partial charge in [-0.15, -0.1) is 0 Å². The lowest BCUT2D eigenvalue weighted by molar-refractivity contribution is -0.308. The predicted octanol–water partition coefficient (Wildman–Crippen LogP) is 2.05. The number of hydrogen-bond acceptors (Lipinski definition) is 6.